The molecule has 0 amide bonds. The maximum atomic E-state index is 12.0. The van der Waals surface area contributed by atoms with Gasteiger partial charge < -0.3 is 5.73 Å². The minimum Gasteiger partial charge on any atom is -0.382 e. The van der Waals surface area contributed by atoms with Crippen molar-refractivity contribution < 1.29 is 8.42 Å². The first-order valence-electron chi connectivity index (χ1n) is 5.94. The van der Waals surface area contributed by atoms with Crippen LogP contribution in [0.3, 0.4) is 0 Å². The quantitative estimate of drug-likeness (QED) is 0.911. The monoisotopic (exact) mass is 313 g/mol. The summed E-state index contributed by atoms with van der Waals surface area (Å²) >= 11 is 5.98. The number of halogens is 1. The molecule has 3 N–H and O–H groups in total. The number of nitrogens with zero attached hydrogens (tertiary/aromatic N) is 1. The minimum absolute atomic E-state index is 0.249. The molecule has 1 heterocycles. The van der Waals surface area contributed by atoms with Crippen LogP contribution < -0.4 is 5.73 Å². The lowest BCUT2D eigenvalue weighted by atomic mass is 9.98. The number of rotatable bonds is 3. The number of nitrogen functional groups attached to an aromatic ring is 1. The van der Waals surface area contributed by atoms with Crippen molar-refractivity contribution in [1.82, 2.24) is 10.2 Å². The normalized spacial score (nSPS) is 12.6. The van der Waals surface area contributed by atoms with Crippen molar-refractivity contribution in [3.63, 3.8) is 0 Å². The van der Waals surface area contributed by atoms with Crippen LogP contribution in [0.1, 0.15) is 19.5 Å². The molecule has 2 aromatic rings. The average Bonchev–Trinajstić information content (AvgIpc) is 2.70. The molecule has 7 heteroatoms. The third-order valence-electron chi connectivity index (χ3n) is 3.44. The van der Waals surface area contributed by atoms with E-state index in [9.17, 15) is 8.42 Å². The first-order chi connectivity index (χ1) is 9.14. The third-order valence-corrected chi connectivity index (χ3v) is 5.73. The van der Waals surface area contributed by atoms with Crippen LogP contribution in [-0.2, 0) is 14.6 Å². The highest BCUT2D eigenvalue weighted by molar-refractivity contribution is 7.91. The van der Waals surface area contributed by atoms with Crippen molar-refractivity contribution >= 4 is 27.3 Å². The molecule has 0 fully saturated rings. The van der Waals surface area contributed by atoms with Crippen molar-refractivity contribution in [1.29, 1.82) is 0 Å². The van der Waals surface area contributed by atoms with Gasteiger partial charge in [0.15, 0.2) is 15.7 Å². The number of nitrogens with two attached hydrogens (primary N) is 1. The first-order valence-corrected chi connectivity index (χ1v) is 8.21. The Morgan fingerprint density at radius 1 is 1.35 bits per heavy atom. The number of aromatic amines is 1. The molecule has 0 saturated carbocycles. The number of H-pyrrole nitrogens is 1. The van der Waals surface area contributed by atoms with Gasteiger partial charge in [-0.2, -0.15) is 5.10 Å². The number of benzene rings is 1. The third kappa shape index (κ3) is 2.41. The van der Waals surface area contributed by atoms with Crippen LogP contribution in [0, 0.1) is 0 Å². The fraction of sp³-hybridized carbons (Fsp3) is 0.308. The largest absolute Gasteiger partial charge is 0.382 e. The van der Waals surface area contributed by atoms with Gasteiger partial charge in [-0.1, -0.05) is 23.7 Å². The molecule has 5 nitrogen and oxygen atoms in total. The Balaban J connectivity index is 2.71. The summed E-state index contributed by atoms with van der Waals surface area (Å²) in [6.07, 6.45) is 1.19. The number of aromatic nitrogens is 2. The van der Waals surface area contributed by atoms with Gasteiger partial charge in [0.2, 0.25) is 0 Å². The number of sulfone groups is 1. The van der Waals surface area contributed by atoms with Gasteiger partial charge in [0.1, 0.15) is 4.75 Å². The van der Waals surface area contributed by atoms with Crippen LogP contribution in [0.25, 0.3) is 11.1 Å². The molecule has 2 rings (SSSR count). The molecule has 20 heavy (non-hydrogen) atoms. The maximum Gasteiger partial charge on any atom is 0.158 e. The van der Waals surface area contributed by atoms with E-state index in [0.717, 1.165) is 5.56 Å². The molecular formula is C13H16ClN3O2S. The molecule has 0 aliphatic rings. The highest BCUT2D eigenvalue weighted by atomic mass is 35.5. The Kier molecular flexibility index (Phi) is 3.56. The van der Waals surface area contributed by atoms with E-state index in [2.05, 4.69) is 10.2 Å². The molecule has 0 saturated heterocycles. The standard InChI is InChI=1S/C13H16ClN3O2S/c1-13(2,20(3,18)19)11-10(12(15)17-16-11)8-5-4-6-9(14)7-8/h4-7H,1-3H3,(H3,15,16,17). The topological polar surface area (TPSA) is 88.8 Å². The molecule has 0 aliphatic heterocycles. The predicted molar refractivity (Wildman–Crippen MR) is 81.3 cm³/mol. The zero-order valence-electron chi connectivity index (χ0n) is 11.4. The summed E-state index contributed by atoms with van der Waals surface area (Å²) in [5.74, 6) is 0.249. The van der Waals surface area contributed by atoms with Gasteiger partial charge in [-0.3, -0.25) is 5.10 Å². The van der Waals surface area contributed by atoms with E-state index in [0.29, 0.717) is 16.3 Å². The van der Waals surface area contributed by atoms with Gasteiger partial charge in [-0.05, 0) is 31.5 Å². The van der Waals surface area contributed by atoms with Crippen LogP contribution in [0.4, 0.5) is 5.82 Å². The summed E-state index contributed by atoms with van der Waals surface area (Å²) in [5.41, 5.74) is 7.65. The smallest absolute Gasteiger partial charge is 0.158 e. The van der Waals surface area contributed by atoms with Gasteiger partial charge in [-0.15, -0.1) is 0 Å². The minimum atomic E-state index is -3.34. The fourth-order valence-corrected chi connectivity index (χ4v) is 2.62. The lowest BCUT2D eigenvalue weighted by molar-refractivity contribution is 0.556. The molecule has 108 valence electrons. The van der Waals surface area contributed by atoms with E-state index in [1.165, 1.54) is 6.26 Å². The Morgan fingerprint density at radius 2 is 2.00 bits per heavy atom. The average molecular weight is 314 g/mol. The van der Waals surface area contributed by atoms with Gasteiger partial charge in [0.25, 0.3) is 0 Å². The number of hydrogen-bond acceptors (Lipinski definition) is 4. The zero-order valence-corrected chi connectivity index (χ0v) is 13.0. The molecule has 0 radical (unpaired) electrons. The Hall–Kier alpha value is -1.53. The second-order valence-electron chi connectivity index (χ2n) is 5.15. The summed E-state index contributed by atoms with van der Waals surface area (Å²) in [6, 6.07) is 7.06. The molecule has 0 unspecified atom stereocenters. The van der Waals surface area contributed by atoms with E-state index in [1.807, 2.05) is 6.07 Å². The van der Waals surface area contributed by atoms with Crippen molar-refractivity contribution in [3.8, 4) is 11.1 Å². The summed E-state index contributed by atoms with van der Waals surface area (Å²) in [6.45, 7) is 3.23. The van der Waals surface area contributed by atoms with E-state index >= 15 is 0 Å². The van der Waals surface area contributed by atoms with E-state index in [1.54, 1.807) is 32.0 Å². The molecule has 1 aromatic carbocycles. The van der Waals surface area contributed by atoms with Crippen LogP contribution in [0.2, 0.25) is 5.02 Å². The van der Waals surface area contributed by atoms with Gasteiger partial charge in [-0.25, -0.2) is 8.42 Å². The Bertz CT molecular complexity index is 751. The second-order valence-corrected chi connectivity index (χ2v) is 8.15. The number of anilines is 1. The SMILES string of the molecule is CC(C)(c1[nH]nc(N)c1-c1cccc(Cl)c1)S(C)(=O)=O. The zero-order chi connectivity index (χ0) is 15.1. The summed E-state index contributed by atoms with van der Waals surface area (Å²) < 4.78 is 22.9. The lowest BCUT2D eigenvalue weighted by Gasteiger charge is -2.22. The van der Waals surface area contributed by atoms with Gasteiger partial charge >= 0.3 is 0 Å². The Morgan fingerprint density at radius 3 is 2.55 bits per heavy atom. The first kappa shape index (κ1) is 14.9. The van der Waals surface area contributed by atoms with Gasteiger partial charge in [0, 0.05) is 16.8 Å². The lowest BCUT2D eigenvalue weighted by Crippen LogP contribution is -2.29. The number of nitrogens with one attached hydrogen (secondary N) is 1. The Labute approximate surface area is 123 Å². The van der Waals surface area contributed by atoms with Crippen molar-refractivity contribution in [2.45, 2.75) is 18.6 Å². The van der Waals surface area contributed by atoms with Crippen LogP contribution >= 0.6 is 11.6 Å². The van der Waals surface area contributed by atoms with E-state index < -0.39 is 14.6 Å². The molecule has 0 aliphatic carbocycles. The van der Waals surface area contributed by atoms with Crippen LogP contribution in [0.5, 0.6) is 0 Å². The molecule has 0 spiro atoms. The summed E-state index contributed by atoms with van der Waals surface area (Å²) in [5, 5.41) is 7.24. The fourth-order valence-electron chi connectivity index (χ4n) is 1.91. The molecule has 1 aromatic heterocycles. The predicted octanol–water partition coefficient (Wildman–Crippen LogP) is 2.59. The second kappa shape index (κ2) is 4.79. The van der Waals surface area contributed by atoms with Crippen LogP contribution in [0.15, 0.2) is 24.3 Å². The molecular weight excluding hydrogens is 298 g/mol. The van der Waals surface area contributed by atoms with Crippen molar-refractivity contribution in [3.05, 3.63) is 35.0 Å². The highest BCUT2D eigenvalue weighted by Gasteiger charge is 2.37. The van der Waals surface area contributed by atoms with Crippen molar-refractivity contribution in [2.24, 2.45) is 0 Å². The molecule has 0 atom stereocenters. The van der Waals surface area contributed by atoms with Crippen molar-refractivity contribution in [2.75, 3.05) is 12.0 Å². The molecule has 0 bridgehead atoms. The van der Waals surface area contributed by atoms with Crippen LogP contribution in [-0.4, -0.2) is 24.9 Å². The number of hydrogen-bond donors (Lipinski definition) is 2. The summed E-state index contributed by atoms with van der Waals surface area (Å²) in [7, 11) is -3.34. The van der Waals surface area contributed by atoms with E-state index in [-0.39, 0.29) is 5.82 Å². The highest BCUT2D eigenvalue weighted by Crippen LogP contribution is 2.38. The summed E-state index contributed by atoms with van der Waals surface area (Å²) in [4.78, 5) is 0. The maximum absolute atomic E-state index is 12.0. The van der Waals surface area contributed by atoms with E-state index in [4.69, 9.17) is 17.3 Å². The van der Waals surface area contributed by atoms with Gasteiger partial charge in [0.05, 0.1) is 5.69 Å².